The van der Waals surface area contributed by atoms with Crippen LogP contribution in [0.4, 0.5) is 4.79 Å². The molecule has 1 aromatic carbocycles. The van der Waals surface area contributed by atoms with Gasteiger partial charge in [0.2, 0.25) is 0 Å². The maximum absolute atomic E-state index is 10.7. The standard InChI is InChI=1S/C10H12INO2/c1-7(12-10(11)14)6-8-2-4-9(13)5-3-8/h2-5,7,13H,6H2,1H3,(H,12,14). The Balaban J connectivity index is 2.51. The number of hydrogen-bond donors (Lipinski definition) is 2. The summed E-state index contributed by atoms with van der Waals surface area (Å²) in [6.45, 7) is 1.95. The molecule has 0 bridgehead atoms. The first-order chi connectivity index (χ1) is 6.58. The fourth-order valence-corrected chi connectivity index (χ4v) is 1.76. The lowest BCUT2D eigenvalue weighted by atomic mass is 10.1. The molecule has 2 N–H and O–H groups in total. The zero-order valence-corrected chi connectivity index (χ0v) is 9.98. The molecule has 1 aromatic rings. The molecule has 0 aliphatic carbocycles. The van der Waals surface area contributed by atoms with Gasteiger partial charge in [-0.3, -0.25) is 4.79 Å². The molecule has 76 valence electrons. The molecule has 0 heterocycles. The lowest BCUT2D eigenvalue weighted by Crippen LogP contribution is -2.29. The van der Waals surface area contributed by atoms with Crippen molar-refractivity contribution in [1.82, 2.24) is 5.32 Å². The van der Waals surface area contributed by atoms with Crippen LogP contribution in [-0.2, 0) is 6.42 Å². The zero-order chi connectivity index (χ0) is 10.6. The number of halogens is 1. The maximum Gasteiger partial charge on any atom is 0.280 e. The van der Waals surface area contributed by atoms with Crippen molar-refractivity contribution >= 4 is 26.5 Å². The minimum absolute atomic E-state index is 0.0473. The molecule has 0 radical (unpaired) electrons. The number of carbonyl (C=O) groups excluding carboxylic acids is 1. The molecule has 0 saturated heterocycles. The van der Waals surface area contributed by atoms with Crippen LogP contribution in [0, 0.1) is 0 Å². The highest BCUT2D eigenvalue weighted by molar-refractivity contribution is 14.1. The van der Waals surface area contributed by atoms with Gasteiger partial charge in [0.15, 0.2) is 0 Å². The molecule has 3 nitrogen and oxygen atoms in total. The second-order valence-corrected chi connectivity index (χ2v) is 4.17. The van der Waals surface area contributed by atoms with Crippen LogP contribution in [0.25, 0.3) is 0 Å². The summed E-state index contributed by atoms with van der Waals surface area (Å²) in [6.07, 6.45) is 0.773. The van der Waals surface area contributed by atoms with Gasteiger partial charge in [0.1, 0.15) is 5.75 Å². The number of hydrogen-bond acceptors (Lipinski definition) is 2. The molecule has 1 unspecified atom stereocenters. The van der Waals surface area contributed by atoms with E-state index in [0.717, 1.165) is 12.0 Å². The van der Waals surface area contributed by atoms with Crippen LogP contribution in [0.5, 0.6) is 5.75 Å². The topological polar surface area (TPSA) is 49.3 Å². The minimum Gasteiger partial charge on any atom is -0.508 e. The molecular formula is C10H12INO2. The molecule has 0 aromatic heterocycles. The first-order valence-electron chi connectivity index (χ1n) is 4.32. The molecule has 0 aliphatic rings. The average Bonchev–Trinajstić information content (AvgIpc) is 2.07. The fraction of sp³-hybridized carbons (Fsp3) is 0.300. The van der Waals surface area contributed by atoms with E-state index in [4.69, 9.17) is 5.11 Å². The third-order valence-corrected chi connectivity index (χ3v) is 2.15. The highest BCUT2D eigenvalue weighted by atomic mass is 127. The maximum atomic E-state index is 10.7. The van der Waals surface area contributed by atoms with Crippen molar-refractivity contribution in [1.29, 1.82) is 0 Å². The van der Waals surface area contributed by atoms with E-state index in [1.54, 1.807) is 34.7 Å². The molecule has 0 saturated carbocycles. The van der Waals surface area contributed by atoms with Crippen molar-refractivity contribution in [2.75, 3.05) is 0 Å². The van der Waals surface area contributed by atoms with E-state index in [9.17, 15) is 4.79 Å². The molecule has 0 aliphatic heterocycles. The Kier molecular flexibility index (Phi) is 4.19. The predicted octanol–water partition coefficient (Wildman–Crippen LogP) is 2.47. The molecule has 4 heteroatoms. The summed E-state index contributed by atoms with van der Waals surface area (Å²) in [5, 5.41) is 11.9. The van der Waals surface area contributed by atoms with Crippen molar-refractivity contribution in [3.63, 3.8) is 0 Å². The Bertz CT molecular complexity index is 310. The van der Waals surface area contributed by atoms with Crippen LogP contribution in [0.2, 0.25) is 0 Å². The summed E-state index contributed by atoms with van der Waals surface area (Å²) >= 11 is 1.72. The number of rotatable bonds is 3. The fourth-order valence-electron chi connectivity index (χ4n) is 1.23. The predicted molar refractivity (Wildman–Crippen MR) is 63.8 cm³/mol. The van der Waals surface area contributed by atoms with E-state index in [2.05, 4.69) is 5.32 Å². The molecule has 1 amide bonds. The summed E-state index contributed by atoms with van der Waals surface area (Å²) in [6, 6.07) is 7.11. The molecule has 1 rings (SSSR count). The number of aromatic hydroxyl groups is 1. The lowest BCUT2D eigenvalue weighted by Gasteiger charge is -2.11. The highest BCUT2D eigenvalue weighted by Gasteiger charge is 2.04. The first-order valence-corrected chi connectivity index (χ1v) is 5.39. The smallest absolute Gasteiger partial charge is 0.280 e. The third kappa shape index (κ3) is 3.95. The van der Waals surface area contributed by atoms with E-state index in [-0.39, 0.29) is 15.7 Å². The summed E-state index contributed by atoms with van der Waals surface area (Å²) in [7, 11) is 0. The molecular weight excluding hydrogens is 293 g/mol. The monoisotopic (exact) mass is 305 g/mol. The SMILES string of the molecule is CC(Cc1ccc(O)cc1)NC(=O)I. The van der Waals surface area contributed by atoms with E-state index in [1.807, 2.05) is 19.1 Å². The second kappa shape index (κ2) is 5.19. The zero-order valence-electron chi connectivity index (χ0n) is 7.83. The summed E-state index contributed by atoms with van der Waals surface area (Å²) in [5.41, 5.74) is 1.10. The van der Waals surface area contributed by atoms with Gasteiger partial charge in [-0.15, -0.1) is 0 Å². The average molecular weight is 305 g/mol. The molecule has 0 spiro atoms. The summed E-state index contributed by atoms with van der Waals surface area (Å²) in [4.78, 5) is 10.7. The van der Waals surface area contributed by atoms with Crippen molar-refractivity contribution in [2.24, 2.45) is 0 Å². The van der Waals surface area contributed by atoms with E-state index in [1.165, 1.54) is 0 Å². The van der Waals surface area contributed by atoms with Crippen LogP contribution in [-0.4, -0.2) is 15.1 Å². The van der Waals surface area contributed by atoms with Crippen LogP contribution in [0.15, 0.2) is 24.3 Å². The number of amides is 1. The third-order valence-electron chi connectivity index (χ3n) is 1.84. The normalized spacial score (nSPS) is 12.1. The molecule has 1 atom stereocenters. The number of phenols is 1. The van der Waals surface area contributed by atoms with Crippen molar-refractivity contribution < 1.29 is 9.90 Å². The Hall–Kier alpha value is -0.780. The number of phenolic OH excluding ortho intramolecular Hbond substituents is 1. The Morgan fingerprint density at radius 2 is 2.07 bits per heavy atom. The van der Waals surface area contributed by atoms with Gasteiger partial charge < -0.3 is 10.4 Å². The van der Waals surface area contributed by atoms with E-state index < -0.39 is 0 Å². The van der Waals surface area contributed by atoms with Gasteiger partial charge in [0.05, 0.1) is 0 Å². The van der Waals surface area contributed by atoms with Crippen LogP contribution in [0.3, 0.4) is 0 Å². The minimum atomic E-state index is -0.0473. The summed E-state index contributed by atoms with van der Waals surface area (Å²) < 4.78 is -0.0473. The van der Waals surface area contributed by atoms with E-state index >= 15 is 0 Å². The van der Waals surface area contributed by atoms with E-state index in [0.29, 0.717) is 0 Å². The second-order valence-electron chi connectivity index (χ2n) is 3.19. The van der Waals surface area contributed by atoms with Gasteiger partial charge in [-0.1, -0.05) is 12.1 Å². The Morgan fingerprint density at radius 3 is 2.57 bits per heavy atom. The van der Waals surface area contributed by atoms with Gasteiger partial charge >= 0.3 is 0 Å². The summed E-state index contributed by atoms with van der Waals surface area (Å²) in [5.74, 6) is 0.263. The number of nitrogens with one attached hydrogen (secondary N) is 1. The van der Waals surface area contributed by atoms with Crippen molar-refractivity contribution in [3.8, 4) is 5.75 Å². The van der Waals surface area contributed by atoms with Crippen molar-refractivity contribution in [2.45, 2.75) is 19.4 Å². The van der Waals surface area contributed by atoms with Gasteiger partial charge in [-0.2, -0.15) is 0 Å². The largest absolute Gasteiger partial charge is 0.508 e. The van der Waals surface area contributed by atoms with Gasteiger partial charge in [-0.25, -0.2) is 0 Å². The Labute approximate surface area is 96.7 Å². The quantitative estimate of drug-likeness (QED) is 0.512. The van der Waals surface area contributed by atoms with Crippen LogP contribution >= 0.6 is 22.6 Å². The number of benzene rings is 1. The van der Waals surface area contributed by atoms with Gasteiger partial charge in [-0.05, 0) is 31.0 Å². The molecule has 14 heavy (non-hydrogen) atoms. The first kappa shape index (κ1) is 11.3. The van der Waals surface area contributed by atoms with Crippen molar-refractivity contribution in [3.05, 3.63) is 29.8 Å². The highest BCUT2D eigenvalue weighted by Crippen LogP contribution is 2.11. The van der Waals surface area contributed by atoms with Gasteiger partial charge in [0, 0.05) is 28.6 Å². The lowest BCUT2D eigenvalue weighted by molar-refractivity contribution is 0.260. The van der Waals surface area contributed by atoms with Gasteiger partial charge in [0.25, 0.3) is 3.91 Å². The van der Waals surface area contributed by atoms with Crippen LogP contribution < -0.4 is 5.32 Å². The molecule has 0 fully saturated rings. The van der Waals surface area contributed by atoms with Crippen LogP contribution in [0.1, 0.15) is 12.5 Å². The number of carbonyl (C=O) groups is 1. The Morgan fingerprint density at radius 1 is 1.50 bits per heavy atom.